The first-order chi connectivity index (χ1) is 9.11. The minimum Gasteiger partial charge on any atom is -0.398 e. The summed E-state index contributed by atoms with van der Waals surface area (Å²) in [4.78, 5) is 11.9. The zero-order valence-corrected chi connectivity index (χ0v) is 10.4. The average Bonchev–Trinajstić information content (AvgIpc) is 2.86. The van der Waals surface area contributed by atoms with Crippen molar-refractivity contribution in [3.63, 3.8) is 0 Å². The van der Waals surface area contributed by atoms with Gasteiger partial charge in [-0.15, -0.1) is 10.2 Å². The van der Waals surface area contributed by atoms with Gasteiger partial charge in [0, 0.05) is 12.2 Å². The van der Waals surface area contributed by atoms with Gasteiger partial charge in [-0.25, -0.2) is 4.39 Å². The SMILES string of the molecule is CCn1cnnc1CNC(=O)c1cc(F)ccc1N. The molecule has 2 aromatic rings. The fraction of sp³-hybridized carbons (Fsp3) is 0.250. The minimum atomic E-state index is -0.504. The molecule has 6 nitrogen and oxygen atoms in total. The first-order valence-electron chi connectivity index (χ1n) is 5.81. The Morgan fingerprint density at radius 3 is 3.05 bits per heavy atom. The molecule has 100 valence electrons. The van der Waals surface area contributed by atoms with E-state index in [4.69, 9.17) is 5.73 Å². The van der Waals surface area contributed by atoms with Crippen LogP contribution in [-0.4, -0.2) is 20.7 Å². The number of nitrogens with two attached hydrogens (primary N) is 1. The van der Waals surface area contributed by atoms with Gasteiger partial charge in [-0.3, -0.25) is 4.79 Å². The van der Waals surface area contributed by atoms with Gasteiger partial charge in [-0.1, -0.05) is 0 Å². The number of hydrogen-bond donors (Lipinski definition) is 2. The molecule has 0 saturated heterocycles. The average molecular weight is 263 g/mol. The minimum absolute atomic E-state index is 0.113. The van der Waals surface area contributed by atoms with Crippen LogP contribution in [-0.2, 0) is 13.1 Å². The Morgan fingerprint density at radius 2 is 2.32 bits per heavy atom. The monoisotopic (exact) mass is 263 g/mol. The smallest absolute Gasteiger partial charge is 0.253 e. The number of halogens is 1. The number of nitrogen functional groups attached to an aromatic ring is 1. The van der Waals surface area contributed by atoms with E-state index in [-0.39, 0.29) is 17.8 Å². The summed E-state index contributed by atoms with van der Waals surface area (Å²) in [6.45, 7) is 2.86. The number of hydrogen-bond acceptors (Lipinski definition) is 4. The van der Waals surface area contributed by atoms with E-state index < -0.39 is 11.7 Å². The molecule has 1 amide bonds. The van der Waals surface area contributed by atoms with Gasteiger partial charge in [0.05, 0.1) is 12.1 Å². The van der Waals surface area contributed by atoms with E-state index >= 15 is 0 Å². The molecule has 3 N–H and O–H groups in total. The fourth-order valence-electron chi connectivity index (χ4n) is 1.66. The Hall–Kier alpha value is -2.44. The highest BCUT2D eigenvalue weighted by atomic mass is 19.1. The number of rotatable bonds is 4. The molecule has 0 aliphatic carbocycles. The van der Waals surface area contributed by atoms with Crippen LogP contribution in [0.4, 0.5) is 10.1 Å². The summed E-state index contributed by atoms with van der Waals surface area (Å²) in [7, 11) is 0. The number of carbonyl (C=O) groups excluding carboxylic acids is 1. The van der Waals surface area contributed by atoms with Crippen molar-refractivity contribution in [1.29, 1.82) is 0 Å². The molecule has 0 radical (unpaired) electrons. The highest BCUT2D eigenvalue weighted by Gasteiger charge is 2.12. The van der Waals surface area contributed by atoms with Crippen LogP contribution < -0.4 is 11.1 Å². The number of anilines is 1. The number of nitrogens with one attached hydrogen (secondary N) is 1. The van der Waals surface area contributed by atoms with E-state index in [1.807, 2.05) is 6.92 Å². The van der Waals surface area contributed by atoms with Gasteiger partial charge in [0.25, 0.3) is 5.91 Å². The second-order valence-corrected chi connectivity index (χ2v) is 3.95. The van der Waals surface area contributed by atoms with Crippen molar-refractivity contribution in [2.75, 3.05) is 5.73 Å². The predicted molar refractivity (Wildman–Crippen MR) is 67.7 cm³/mol. The van der Waals surface area contributed by atoms with Crippen LogP contribution in [0.5, 0.6) is 0 Å². The second kappa shape index (κ2) is 5.47. The lowest BCUT2D eigenvalue weighted by Crippen LogP contribution is -2.25. The van der Waals surface area contributed by atoms with Crippen molar-refractivity contribution in [1.82, 2.24) is 20.1 Å². The number of carbonyl (C=O) groups is 1. The van der Waals surface area contributed by atoms with Crippen LogP contribution in [0.2, 0.25) is 0 Å². The molecule has 0 fully saturated rings. The standard InChI is InChI=1S/C12H14FN5O/c1-2-18-7-16-17-11(18)6-15-12(19)9-5-8(13)3-4-10(9)14/h3-5,7H,2,6,14H2,1H3,(H,15,19). The van der Waals surface area contributed by atoms with Crippen LogP contribution in [0.15, 0.2) is 24.5 Å². The maximum Gasteiger partial charge on any atom is 0.253 e. The molecule has 0 aliphatic heterocycles. The molecule has 19 heavy (non-hydrogen) atoms. The quantitative estimate of drug-likeness (QED) is 0.804. The maximum atomic E-state index is 13.1. The van der Waals surface area contributed by atoms with Crippen molar-refractivity contribution < 1.29 is 9.18 Å². The molecule has 1 heterocycles. The Labute approximate surface area is 109 Å². The van der Waals surface area contributed by atoms with Gasteiger partial charge < -0.3 is 15.6 Å². The van der Waals surface area contributed by atoms with Crippen molar-refractivity contribution in [3.8, 4) is 0 Å². The molecule has 1 aromatic carbocycles. The lowest BCUT2D eigenvalue weighted by atomic mass is 10.1. The van der Waals surface area contributed by atoms with E-state index in [0.29, 0.717) is 12.4 Å². The lowest BCUT2D eigenvalue weighted by Gasteiger charge is -2.08. The van der Waals surface area contributed by atoms with E-state index in [9.17, 15) is 9.18 Å². The van der Waals surface area contributed by atoms with Crippen LogP contribution in [0.1, 0.15) is 23.1 Å². The Bertz CT molecular complexity index is 596. The van der Waals surface area contributed by atoms with Crippen molar-refractivity contribution >= 4 is 11.6 Å². The van der Waals surface area contributed by atoms with E-state index in [0.717, 1.165) is 6.07 Å². The number of amides is 1. The molecule has 2 rings (SSSR count). The maximum absolute atomic E-state index is 13.1. The normalized spacial score (nSPS) is 10.4. The van der Waals surface area contributed by atoms with E-state index in [1.165, 1.54) is 12.1 Å². The highest BCUT2D eigenvalue weighted by molar-refractivity contribution is 5.99. The highest BCUT2D eigenvalue weighted by Crippen LogP contribution is 2.13. The number of aromatic nitrogens is 3. The summed E-state index contributed by atoms with van der Waals surface area (Å²) in [6, 6.07) is 3.67. The molecule has 0 atom stereocenters. The second-order valence-electron chi connectivity index (χ2n) is 3.95. The lowest BCUT2D eigenvalue weighted by molar-refractivity contribution is 0.0950. The van der Waals surface area contributed by atoms with Crippen LogP contribution >= 0.6 is 0 Å². The molecular formula is C12H14FN5O. The molecule has 0 bridgehead atoms. The molecule has 1 aromatic heterocycles. The third-order valence-electron chi connectivity index (χ3n) is 2.70. The van der Waals surface area contributed by atoms with E-state index in [1.54, 1.807) is 10.9 Å². The topological polar surface area (TPSA) is 85.8 Å². The zero-order valence-electron chi connectivity index (χ0n) is 10.4. The Balaban J connectivity index is 2.07. The zero-order chi connectivity index (χ0) is 13.8. The summed E-state index contributed by atoms with van der Waals surface area (Å²) in [5, 5.41) is 10.3. The predicted octanol–water partition coefficient (Wildman–Crippen LogP) is 0.949. The largest absolute Gasteiger partial charge is 0.398 e. The van der Waals surface area contributed by atoms with Gasteiger partial charge in [-0.05, 0) is 25.1 Å². The summed E-state index contributed by atoms with van der Waals surface area (Å²) in [5.74, 6) is -0.315. The van der Waals surface area contributed by atoms with Crippen LogP contribution in [0.3, 0.4) is 0 Å². The third kappa shape index (κ3) is 2.87. The number of benzene rings is 1. The van der Waals surface area contributed by atoms with Crippen molar-refractivity contribution in [2.45, 2.75) is 20.0 Å². The van der Waals surface area contributed by atoms with Gasteiger partial charge in [0.1, 0.15) is 12.1 Å². The first-order valence-corrected chi connectivity index (χ1v) is 5.81. The summed E-state index contributed by atoms with van der Waals surface area (Å²) < 4.78 is 14.9. The Kier molecular flexibility index (Phi) is 3.74. The van der Waals surface area contributed by atoms with Gasteiger partial charge in [0.2, 0.25) is 0 Å². The van der Waals surface area contributed by atoms with Gasteiger partial charge in [-0.2, -0.15) is 0 Å². The van der Waals surface area contributed by atoms with Crippen LogP contribution in [0, 0.1) is 5.82 Å². The summed E-state index contributed by atoms with van der Waals surface area (Å²) >= 11 is 0. The van der Waals surface area contributed by atoms with Crippen molar-refractivity contribution in [2.24, 2.45) is 0 Å². The number of nitrogens with zero attached hydrogens (tertiary/aromatic N) is 3. The molecule has 7 heteroatoms. The van der Waals surface area contributed by atoms with Gasteiger partial charge >= 0.3 is 0 Å². The summed E-state index contributed by atoms with van der Waals surface area (Å²) in [5.41, 5.74) is 5.98. The van der Waals surface area contributed by atoms with Crippen LogP contribution in [0.25, 0.3) is 0 Å². The number of aryl methyl sites for hydroxylation is 1. The molecule has 0 aliphatic rings. The summed E-state index contributed by atoms with van der Waals surface area (Å²) in [6.07, 6.45) is 1.58. The van der Waals surface area contributed by atoms with Crippen molar-refractivity contribution in [3.05, 3.63) is 41.7 Å². The first kappa shape index (κ1) is 13.0. The molecular weight excluding hydrogens is 249 g/mol. The molecule has 0 unspecified atom stereocenters. The Morgan fingerprint density at radius 1 is 1.53 bits per heavy atom. The van der Waals surface area contributed by atoms with Gasteiger partial charge in [0.15, 0.2) is 5.82 Å². The third-order valence-corrected chi connectivity index (χ3v) is 2.70. The molecule has 0 saturated carbocycles. The van der Waals surface area contributed by atoms with E-state index in [2.05, 4.69) is 15.5 Å². The fourth-order valence-corrected chi connectivity index (χ4v) is 1.66. The molecule has 0 spiro atoms.